The molecule has 0 aromatic rings. The summed E-state index contributed by atoms with van der Waals surface area (Å²) in [6.45, 7) is 6.61. The number of nitrogens with one attached hydrogen (secondary N) is 1. The van der Waals surface area contributed by atoms with Crippen LogP contribution in [0.4, 0.5) is 0 Å². The first-order valence-electron chi connectivity index (χ1n) is 4.61. The molecule has 0 bridgehead atoms. The maximum atomic E-state index is 11.5. The van der Waals surface area contributed by atoms with Gasteiger partial charge in [-0.25, -0.2) is 0 Å². The predicted molar refractivity (Wildman–Crippen MR) is 64.3 cm³/mol. The fourth-order valence-electron chi connectivity index (χ4n) is 1.49. The fourth-order valence-corrected chi connectivity index (χ4v) is 2.60. The molecule has 0 aromatic carbocycles. The summed E-state index contributed by atoms with van der Waals surface area (Å²) in [5, 5.41) is 2.89. The third-order valence-electron chi connectivity index (χ3n) is 2.11. The quantitative estimate of drug-likeness (QED) is 0.779. The summed E-state index contributed by atoms with van der Waals surface area (Å²) in [4.78, 5) is 13.5. The monoisotopic (exact) mass is 238 g/mol. The maximum absolute atomic E-state index is 11.5. The Morgan fingerprint density at radius 2 is 2.21 bits per heavy atom. The van der Waals surface area contributed by atoms with Gasteiger partial charge in [0.15, 0.2) is 0 Å². The summed E-state index contributed by atoms with van der Waals surface area (Å²) in [6.07, 6.45) is 0. The van der Waals surface area contributed by atoms with Gasteiger partial charge < -0.3 is 10.2 Å². The lowest BCUT2D eigenvalue weighted by Gasteiger charge is -2.37. The zero-order valence-corrected chi connectivity index (χ0v) is 10.6. The number of amides is 1. The number of carbonyl (C=O) groups excluding carboxylic acids is 1. The Kier molecular flexibility index (Phi) is 5.86. The molecule has 5 heteroatoms. The minimum Gasteiger partial charge on any atom is -0.339 e. The molecule has 84 valence electrons. The van der Waals surface area contributed by atoms with Gasteiger partial charge in [0.1, 0.15) is 0 Å². The molecule has 3 nitrogen and oxygen atoms in total. The van der Waals surface area contributed by atoms with Crippen LogP contribution in [0, 0.1) is 0 Å². The van der Waals surface area contributed by atoms with Crippen molar-refractivity contribution in [2.24, 2.45) is 0 Å². The Hall–Kier alpha value is 0.0700. The van der Waals surface area contributed by atoms with Crippen LogP contribution in [0.2, 0.25) is 0 Å². The zero-order valence-electron chi connectivity index (χ0n) is 9.00. The van der Waals surface area contributed by atoms with E-state index < -0.39 is 0 Å². The smallest absolute Gasteiger partial charge is 0.236 e. The van der Waals surface area contributed by atoms with Crippen molar-refractivity contribution < 1.29 is 4.79 Å². The van der Waals surface area contributed by atoms with Gasteiger partial charge in [-0.1, -0.05) is 0 Å². The Bertz CT molecular complexity index is 199. The maximum Gasteiger partial charge on any atom is 0.236 e. The fraction of sp³-hybridized carbons (Fsp3) is 0.889. The molecule has 0 radical (unpaired) electrons. The Morgan fingerprint density at radius 1 is 1.57 bits per heavy atom. The molecule has 1 saturated heterocycles. The molecule has 0 saturated carbocycles. The van der Waals surface area contributed by atoms with E-state index in [1.807, 2.05) is 23.7 Å². The minimum atomic E-state index is 0. The highest BCUT2D eigenvalue weighted by Gasteiger charge is 2.29. The number of hydrogen-bond donors (Lipinski definition) is 1. The van der Waals surface area contributed by atoms with Crippen LogP contribution in [0.1, 0.15) is 13.8 Å². The first kappa shape index (κ1) is 14.1. The summed E-state index contributed by atoms with van der Waals surface area (Å²) in [5.74, 6) is 1.28. The molecule has 14 heavy (non-hydrogen) atoms. The second-order valence-corrected chi connectivity index (χ2v) is 5.76. The van der Waals surface area contributed by atoms with Crippen molar-refractivity contribution in [1.82, 2.24) is 10.2 Å². The molecular formula is C9H19ClN2OS. The van der Waals surface area contributed by atoms with Crippen molar-refractivity contribution in [2.75, 3.05) is 32.4 Å². The number of halogens is 1. The summed E-state index contributed by atoms with van der Waals surface area (Å²) >= 11 is 1.95. The Balaban J connectivity index is 0.00000169. The predicted octanol–water partition coefficient (Wildman–Crippen LogP) is 0.982. The van der Waals surface area contributed by atoms with E-state index in [4.69, 9.17) is 0 Å². The van der Waals surface area contributed by atoms with Crippen molar-refractivity contribution in [2.45, 2.75) is 18.6 Å². The minimum absolute atomic E-state index is 0. The topological polar surface area (TPSA) is 32.3 Å². The average molecular weight is 239 g/mol. The van der Waals surface area contributed by atoms with Crippen LogP contribution in [-0.4, -0.2) is 48.0 Å². The highest BCUT2D eigenvalue weighted by molar-refractivity contribution is 8.00. The van der Waals surface area contributed by atoms with Crippen LogP contribution in [0.5, 0.6) is 0 Å². The van der Waals surface area contributed by atoms with Crippen molar-refractivity contribution in [3.63, 3.8) is 0 Å². The number of thioether (sulfide) groups is 1. The first-order chi connectivity index (χ1) is 6.05. The normalized spacial score (nSPS) is 20.1. The number of likely N-dealkylation sites (N-methyl/N-ethyl adjacent to an activating group) is 1. The first-order valence-corrected chi connectivity index (χ1v) is 5.60. The average Bonchev–Trinajstić information content (AvgIpc) is 2.03. The summed E-state index contributed by atoms with van der Waals surface area (Å²) in [6, 6.07) is 0. The molecule has 0 unspecified atom stereocenters. The van der Waals surface area contributed by atoms with E-state index in [9.17, 15) is 4.79 Å². The number of nitrogens with zero attached hydrogens (tertiary/aromatic N) is 1. The van der Waals surface area contributed by atoms with Crippen LogP contribution >= 0.6 is 24.2 Å². The third-order valence-corrected chi connectivity index (χ3v) is 3.40. The van der Waals surface area contributed by atoms with E-state index in [1.165, 1.54) is 0 Å². The molecule has 1 aliphatic heterocycles. The number of carbonyl (C=O) groups is 1. The second-order valence-electron chi connectivity index (χ2n) is 3.95. The summed E-state index contributed by atoms with van der Waals surface area (Å²) in [5.41, 5.74) is 0. The number of hydrogen-bond acceptors (Lipinski definition) is 3. The summed E-state index contributed by atoms with van der Waals surface area (Å²) < 4.78 is 0.224. The highest BCUT2D eigenvalue weighted by Crippen LogP contribution is 2.29. The van der Waals surface area contributed by atoms with Gasteiger partial charge >= 0.3 is 0 Å². The van der Waals surface area contributed by atoms with Gasteiger partial charge in [-0.3, -0.25) is 4.79 Å². The van der Waals surface area contributed by atoms with Gasteiger partial charge in [0.05, 0.1) is 6.54 Å². The Morgan fingerprint density at radius 3 is 2.71 bits per heavy atom. The SMILES string of the molecule is CNCC(=O)N1CCSC(C)(C)C1.Cl. The molecule has 1 heterocycles. The van der Waals surface area contributed by atoms with E-state index >= 15 is 0 Å². The summed E-state index contributed by atoms with van der Waals surface area (Å²) in [7, 11) is 1.81. The van der Waals surface area contributed by atoms with Crippen LogP contribution < -0.4 is 5.32 Å². The lowest BCUT2D eigenvalue weighted by Crippen LogP contribution is -2.48. The third kappa shape index (κ3) is 4.07. The van der Waals surface area contributed by atoms with Gasteiger partial charge in [-0.05, 0) is 20.9 Å². The largest absolute Gasteiger partial charge is 0.339 e. The molecule has 1 N–H and O–H groups in total. The van der Waals surface area contributed by atoms with Crippen LogP contribution in [-0.2, 0) is 4.79 Å². The second kappa shape index (κ2) is 5.83. The lowest BCUT2D eigenvalue weighted by molar-refractivity contribution is -0.130. The molecule has 0 aromatic heterocycles. The molecule has 0 aliphatic carbocycles. The molecule has 1 aliphatic rings. The van der Waals surface area contributed by atoms with E-state index in [0.29, 0.717) is 6.54 Å². The zero-order chi connectivity index (χ0) is 9.90. The molecule has 1 fully saturated rings. The van der Waals surface area contributed by atoms with Crippen LogP contribution in [0.3, 0.4) is 0 Å². The van der Waals surface area contributed by atoms with E-state index in [0.717, 1.165) is 18.8 Å². The molecule has 0 atom stereocenters. The van der Waals surface area contributed by atoms with Crippen molar-refractivity contribution in [3.05, 3.63) is 0 Å². The van der Waals surface area contributed by atoms with Crippen LogP contribution in [0.25, 0.3) is 0 Å². The van der Waals surface area contributed by atoms with E-state index in [-0.39, 0.29) is 23.1 Å². The van der Waals surface area contributed by atoms with Crippen molar-refractivity contribution >= 4 is 30.1 Å². The molecule has 1 amide bonds. The van der Waals surface area contributed by atoms with Gasteiger partial charge in [-0.15, -0.1) is 12.4 Å². The van der Waals surface area contributed by atoms with E-state index in [1.54, 1.807) is 0 Å². The highest BCUT2D eigenvalue weighted by atomic mass is 35.5. The molecule has 1 rings (SSSR count). The number of rotatable bonds is 2. The van der Waals surface area contributed by atoms with Gasteiger partial charge in [0, 0.05) is 23.6 Å². The molecule has 0 spiro atoms. The molecular weight excluding hydrogens is 220 g/mol. The van der Waals surface area contributed by atoms with Crippen LogP contribution in [0.15, 0.2) is 0 Å². The van der Waals surface area contributed by atoms with Gasteiger partial charge in [-0.2, -0.15) is 11.8 Å². The van der Waals surface area contributed by atoms with Gasteiger partial charge in [0.25, 0.3) is 0 Å². The van der Waals surface area contributed by atoms with Gasteiger partial charge in [0.2, 0.25) is 5.91 Å². The van der Waals surface area contributed by atoms with Crippen molar-refractivity contribution in [3.8, 4) is 0 Å². The standard InChI is InChI=1S/C9H18N2OS.ClH/c1-9(2)7-11(4-5-13-9)8(12)6-10-3;/h10H,4-7H2,1-3H3;1H. The lowest BCUT2D eigenvalue weighted by atomic mass is 10.2. The van der Waals surface area contributed by atoms with E-state index in [2.05, 4.69) is 19.2 Å². The Labute approximate surface area is 96.4 Å². The van der Waals surface area contributed by atoms with Crippen molar-refractivity contribution in [1.29, 1.82) is 0 Å².